The lowest BCUT2D eigenvalue weighted by Gasteiger charge is -2.11. The molecule has 4 rings (SSSR count). The molecular weight excluding hydrogens is 447 g/mol. The maximum absolute atomic E-state index is 14.1. The number of sulfonamides is 1. The lowest BCUT2D eigenvalue weighted by molar-refractivity contribution is 0.102. The number of anilines is 1. The number of carbonyl (C=O) groups excluding carboxylic acids is 1. The number of rotatable bonds is 6. The van der Waals surface area contributed by atoms with E-state index in [1.807, 2.05) is 0 Å². The highest BCUT2D eigenvalue weighted by Crippen LogP contribution is 2.17. The van der Waals surface area contributed by atoms with Crippen molar-refractivity contribution < 1.29 is 17.6 Å². The van der Waals surface area contributed by atoms with Gasteiger partial charge < -0.3 is 9.88 Å². The summed E-state index contributed by atoms with van der Waals surface area (Å²) in [6.07, 6.45) is 4.42. The molecule has 168 valence electrons. The van der Waals surface area contributed by atoms with Crippen LogP contribution < -0.4 is 15.5 Å². The molecule has 0 aliphatic carbocycles. The highest BCUT2D eigenvalue weighted by atomic mass is 32.2. The minimum absolute atomic E-state index is 0.0153. The topological polar surface area (TPSA) is 110 Å². The van der Waals surface area contributed by atoms with Crippen molar-refractivity contribution in [3.63, 3.8) is 0 Å². The lowest BCUT2D eigenvalue weighted by Crippen LogP contribution is -2.24. The van der Waals surface area contributed by atoms with Gasteiger partial charge in [-0.25, -0.2) is 17.5 Å². The normalized spacial score (nSPS) is 11.5. The monoisotopic (exact) mass is 466 g/mol. The van der Waals surface area contributed by atoms with E-state index < -0.39 is 27.2 Å². The molecule has 2 aromatic carbocycles. The van der Waals surface area contributed by atoms with Gasteiger partial charge in [0.1, 0.15) is 11.4 Å². The predicted molar refractivity (Wildman–Crippen MR) is 122 cm³/mol. The summed E-state index contributed by atoms with van der Waals surface area (Å²) in [5.41, 5.74) is 0.353. The summed E-state index contributed by atoms with van der Waals surface area (Å²) in [5, 5.41) is 2.66. The molecule has 0 bridgehead atoms. The maximum atomic E-state index is 14.1. The molecule has 0 aliphatic rings. The zero-order valence-corrected chi connectivity index (χ0v) is 18.3. The second-order valence-corrected chi connectivity index (χ2v) is 9.05. The van der Waals surface area contributed by atoms with Gasteiger partial charge >= 0.3 is 0 Å². The van der Waals surface area contributed by atoms with Gasteiger partial charge in [0.05, 0.1) is 10.4 Å². The average Bonchev–Trinajstić information content (AvgIpc) is 2.81. The molecule has 0 atom stereocenters. The van der Waals surface area contributed by atoms with Crippen LogP contribution in [0, 0.1) is 5.82 Å². The minimum Gasteiger partial charge on any atom is -0.347 e. The number of nitrogens with zero attached hydrogens (tertiary/aromatic N) is 2. The summed E-state index contributed by atoms with van der Waals surface area (Å²) in [6, 6.07) is 13.1. The summed E-state index contributed by atoms with van der Waals surface area (Å²) < 4.78 is 42.9. The van der Waals surface area contributed by atoms with Crippen molar-refractivity contribution in [3.8, 4) is 0 Å². The molecule has 0 fully saturated rings. The molecule has 1 amide bonds. The molecule has 0 radical (unpaired) electrons. The lowest BCUT2D eigenvalue weighted by atomic mass is 10.1. The van der Waals surface area contributed by atoms with Gasteiger partial charge in [0.2, 0.25) is 15.5 Å². The Balaban J connectivity index is 1.52. The van der Waals surface area contributed by atoms with Gasteiger partial charge in [-0.2, -0.15) is 0 Å². The maximum Gasteiger partial charge on any atom is 0.261 e. The fourth-order valence-corrected chi connectivity index (χ4v) is 4.38. The number of hydrogen-bond donors (Lipinski definition) is 2. The van der Waals surface area contributed by atoms with Gasteiger partial charge in [-0.15, -0.1) is 0 Å². The molecular formula is C23H19FN4O4S. The van der Waals surface area contributed by atoms with Crippen molar-refractivity contribution in [3.05, 3.63) is 100 Å². The molecule has 0 saturated heterocycles. The second-order valence-electron chi connectivity index (χ2n) is 7.28. The number of halogens is 1. The third-order valence-electron chi connectivity index (χ3n) is 5.01. The van der Waals surface area contributed by atoms with Crippen molar-refractivity contribution in [2.45, 2.75) is 11.4 Å². The second kappa shape index (κ2) is 8.93. The molecule has 4 aromatic rings. The van der Waals surface area contributed by atoms with Crippen molar-refractivity contribution >= 4 is 32.5 Å². The van der Waals surface area contributed by atoms with E-state index in [1.54, 1.807) is 31.6 Å². The summed E-state index contributed by atoms with van der Waals surface area (Å²) in [5.74, 6) is -1.25. The summed E-state index contributed by atoms with van der Waals surface area (Å²) in [7, 11) is -2.23. The van der Waals surface area contributed by atoms with Gasteiger partial charge in [-0.05, 0) is 48.0 Å². The smallest absolute Gasteiger partial charge is 0.261 e. The van der Waals surface area contributed by atoms with Crippen LogP contribution in [0.4, 0.5) is 10.1 Å². The fraction of sp³-hybridized carbons (Fsp3) is 0.0870. The molecule has 10 heteroatoms. The molecule has 0 aliphatic heterocycles. The minimum atomic E-state index is -3.78. The Labute approximate surface area is 188 Å². The molecule has 0 saturated carbocycles. The summed E-state index contributed by atoms with van der Waals surface area (Å²) in [6.45, 7) is 0.0838. The van der Waals surface area contributed by atoms with Crippen molar-refractivity contribution in [2.75, 3.05) is 5.32 Å². The zero-order chi connectivity index (χ0) is 23.6. The van der Waals surface area contributed by atoms with E-state index >= 15 is 0 Å². The summed E-state index contributed by atoms with van der Waals surface area (Å²) in [4.78, 5) is 29.4. The van der Waals surface area contributed by atoms with Gasteiger partial charge in [0, 0.05) is 43.3 Å². The first-order chi connectivity index (χ1) is 15.8. The van der Waals surface area contributed by atoms with E-state index in [0.29, 0.717) is 11.3 Å². The Morgan fingerprint density at radius 1 is 1.09 bits per heavy atom. The Bertz CT molecular complexity index is 1500. The number of para-hydroxylation sites is 1. The number of amides is 1. The zero-order valence-electron chi connectivity index (χ0n) is 17.4. The van der Waals surface area contributed by atoms with Crippen molar-refractivity contribution in [1.82, 2.24) is 14.3 Å². The number of hydrogen-bond acceptors (Lipinski definition) is 5. The molecule has 8 nitrogen and oxygen atoms in total. The fourth-order valence-electron chi connectivity index (χ4n) is 3.36. The van der Waals surface area contributed by atoms with Crippen LogP contribution >= 0.6 is 0 Å². The predicted octanol–water partition coefficient (Wildman–Crippen LogP) is 2.80. The first-order valence-electron chi connectivity index (χ1n) is 9.84. The Morgan fingerprint density at radius 3 is 2.55 bits per heavy atom. The SMILES string of the molecule is Cn1cc(C(=O)Nc2ccc(S(=O)(=O)NCc3cccnc3)cc2)c(=O)c2cccc(F)c21. The number of carbonyl (C=O) groups is 1. The van der Waals surface area contributed by atoms with E-state index in [9.17, 15) is 22.4 Å². The van der Waals surface area contributed by atoms with Crippen LogP contribution in [0.1, 0.15) is 15.9 Å². The molecule has 33 heavy (non-hydrogen) atoms. The Hall–Kier alpha value is -3.89. The molecule has 2 heterocycles. The third-order valence-corrected chi connectivity index (χ3v) is 6.42. The third kappa shape index (κ3) is 4.66. The molecule has 0 unspecified atom stereocenters. The van der Waals surface area contributed by atoms with Gasteiger partial charge in [0.25, 0.3) is 5.91 Å². The number of aryl methyl sites for hydroxylation is 1. The van der Waals surface area contributed by atoms with Crippen LogP contribution in [0.5, 0.6) is 0 Å². The van der Waals surface area contributed by atoms with Gasteiger partial charge in [-0.1, -0.05) is 12.1 Å². The number of aromatic nitrogens is 2. The van der Waals surface area contributed by atoms with E-state index in [2.05, 4.69) is 15.0 Å². The number of nitrogens with one attached hydrogen (secondary N) is 2. The average molecular weight is 466 g/mol. The number of fused-ring (bicyclic) bond motifs is 1. The van der Waals surface area contributed by atoms with E-state index in [4.69, 9.17) is 0 Å². The Kier molecular flexibility index (Phi) is 6.03. The van der Waals surface area contributed by atoms with E-state index in [1.165, 1.54) is 53.2 Å². The van der Waals surface area contributed by atoms with Crippen molar-refractivity contribution in [2.24, 2.45) is 7.05 Å². The number of benzene rings is 2. The van der Waals surface area contributed by atoms with E-state index in [0.717, 1.165) is 0 Å². The molecule has 0 spiro atoms. The molecule has 2 aromatic heterocycles. The largest absolute Gasteiger partial charge is 0.347 e. The number of pyridine rings is 2. The van der Waals surface area contributed by atoms with Crippen LogP contribution in [-0.2, 0) is 23.6 Å². The highest BCUT2D eigenvalue weighted by molar-refractivity contribution is 7.89. The Morgan fingerprint density at radius 2 is 1.85 bits per heavy atom. The van der Waals surface area contributed by atoms with Crippen LogP contribution in [0.15, 0.2) is 82.9 Å². The van der Waals surface area contributed by atoms with Crippen LogP contribution in [0.3, 0.4) is 0 Å². The first-order valence-corrected chi connectivity index (χ1v) is 11.3. The van der Waals surface area contributed by atoms with Crippen LogP contribution in [-0.4, -0.2) is 23.9 Å². The van der Waals surface area contributed by atoms with Crippen molar-refractivity contribution in [1.29, 1.82) is 0 Å². The quantitative estimate of drug-likeness (QED) is 0.454. The van der Waals surface area contributed by atoms with Gasteiger partial charge in [0.15, 0.2) is 0 Å². The van der Waals surface area contributed by atoms with Gasteiger partial charge in [-0.3, -0.25) is 14.6 Å². The van der Waals surface area contributed by atoms with E-state index in [-0.39, 0.29) is 27.9 Å². The highest BCUT2D eigenvalue weighted by Gasteiger charge is 2.18. The van der Waals surface area contributed by atoms with Crippen LogP contribution in [0.2, 0.25) is 0 Å². The van der Waals surface area contributed by atoms with Crippen LogP contribution in [0.25, 0.3) is 10.9 Å². The first kappa shape index (κ1) is 22.3. The molecule has 2 N–H and O–H groups in total. The standard InChI is InChI=1S/C23H19FN4O4S/c1-28-14-19(22(29)18-5-2-6-20(24)21(18)28)23(30)27-16-7-9-17(10-8-16)33(31,32)26-13-15-4-3-11-25-12-15/h2-12,14,26H,13H2,1H3,(H,27,30). The summed E-state index contributed by atoms with van der Waals surface area (Å²) >= 11 is 0.